The molecule has 160 valence electrons. The van der Waals surface area contributed by atoms with Crippen LogP contribution in [0.1, 0.15) is 49.8 Å². The maximum atomic E-state index is 15.2. The Labute approximate surface area is 180 Å². The topological polar surface area (TPSA) is 67.9 Å². The van der Waals surface area contributed by atoms with Gasteiger partial charge in [-0.05, 0) is 70.5 Å². The summed E-state index contributed by atoms with van der Waals surface area (Å²) in [7, 11) is 2.16. The fourth-order valence-electron chi connectivity index (χ4n) is 4.70. The van der Waals surface area contributed by atoms with E-state index in [4.69, 9.17) is 4.42 Å². The van der Waals surface area contributed by atoms with Gasteiger partial charge in [-0.2, -0.15) is 10.2 Å². The molecule has 0 aliphatic carbocycles. The van der Waals surface area contributed by atoms with Crippen molar-refractivity contribution in [3.8, 4) is 11.3 Å². The highest BCUT2D eigenvalue weighted by Crippen LogP contribution is 2.35. The molecule has 31 heavy (non-hydrogen) atoms. The number of oxazole rings is 1. The van der Waals surface area contributed by atoms with Crippen LogP contribution in [0.3, 0.4) is 0 Å². The zero-order valence-electron chi connectivity index (χ0n) is 18.5. The van der Waals surface area contributed by atoms with Gasteiger partial charge in [-0.3, -0.25) is 0 Å². The predicted molar refractivity (Wildman–Crippen MR) is 118 cm³/mol. The van der Waals surface area contributed by atoms with Gasteiger partial charge in [0.15, 0.2) is 5.89 Å². The highest BCUT2D eigenvalue weighted by atomic mass is 19.1. The molecule has 0 bridgehead atoms. The SMILES string of the molecule is Cc1nc2c(C)cc(-c3cc(F)c4cc([C@H]5C[C@@H](C)N(C)[C@@H](C)C5)nnc4c3)nc2o1. The van der Waals surface area contributed by atoms with Crippen LogP contribution in [0.25, 0.3) is 33.4 Å². The maximum Gasteiger partial charge on any atom is 0.247 e. The first-order valence-corrected chi connectivity index (χ1v) is 10.7. The molecule has 0 saturated carbocycles. The molecule has 3 atom stereocenters. The minimum Gasteiger partial charge on any atom is -0.423 e. The number of hydrogen-bond acceptors (Lipinski definition) is 6. The molecular formula is C24H26FN5O. The standard InChI is InChI=1S/C24H26FN5O/c1-12-6-20(27-24-23(12)26-15(4)31-24)17-9-19(25)18-11-21(28-29-22(18)10-17)16-7-13(2)30(5)14(3)8-16/h6,9-11,13-14,16H,7-8H2,1-5H3/t13-,14+,16+. The highest BCUT2D eigenvalue weighted by Gasteiger charge is 2.30. The molecule has 7 heteroatoms. The number of aromatic nitrogens is 4. The number of pyridine rings is 1. The first-order valence-electron chi connectivity index (χ1n) is 10.7. The molecule has 1 aliphatic rings. The summed E-state index contributed by atoms with van der Waals surface area (Å²) in [5, 5.41) is 9.38. The van der Waals surface area contributed by atoms with Crippen LogP contribution in [-0.2, 0) is 0 Å². The number of likely N-dealkylation sites (tertiary alicyclic amines) is 1. The summed E-state index contributed by atoms with van der Waals surface area (Å²) in [6, 6.07) is 8.05. The molecule has 5 rings (SSSR count). The second kappa shape index (κ2) is 7.34. The Balaban J connectivity index is 1.54. The number of nitrogens with zero attached hydrogens (tertiary/aromatic N) is 5. The quantitative estimate of drug-likeness (QED) is 0.446. The molecule has 1 aliphatic heterocycles. The van der Waals surface area contributed by atoms with Gasteiger partial charge in [-0.15, -0.1) is 0 Å². The van der Waals surface area contributed by atoms with Gasteiger partial charge < -0.3 is 9.32 Å². The van der Waals surface area contributed by atoms with Crippen molar-refractivity contribution in [3.63, 3.8) is 0 Å². The Morgan fingerprint density at radius 1 is 1.00 bits per heavy atom. The van der Waals surface area contributed by atoms with Gasteiger partial charge >= 0.3 is 0 Å². The molecule has 4 heterocycles. The van der Waals surface area contributed by atoms with Crippen molar-refractivity contribution in [3.05, 3.63) is 47.2 Å². The van der Waals surface area contributed by atoms with Gasteiger partial charge in [-0.25, -0.2) is 14.4 Å². The molecule has 1 fully saturated rings. The molecule has 1 aromatic carbocycles. The van der Waals surface area contributed by atoms with Gasteiger partial charge in [0, 0.05) is 35.9 Å². The van der Waals surface area contributed by atoms with E-state index < -0.39 is 0 Å². The van der Waals surface area contributed by atoms with E-state index in [2.05, 4.69) is 46.0 Å². The summed E-state index contributed by atoms with van der Waals surface area (Å²) < 4.78 is 20.8. The Morgan fingerprint density at radius 3 is 2.48 bits per heavy atom. The lowest BCUT2D eigenvalue weighted by Crippen LogP contribution is -2.43. The molecule has 0 N–H and O–H groups in total. The van der Waals surface area contributed by atoms with Crippen molar-refractivity contribution in [1.29, 1.82) is 0 Å². The largest absolute Gasteiger partial charge is 0.423 e. The van der Waals surface area contributed by atoms with Crippen LogP contribution < -0.4 is 0 Å². The molecule has 0 unspecified atom stereocenters. The zero-order valence-corrected chi connectivity index (χ0v) is 18.5. The van der Waals surface area contributed by atoms with E-state index in [0.29, 0.717) is 51.8 Å². The van der Waals surface area contributed by atoms with Crippen LogP contribution in [0, 0.1) is 19.7 Å². The zero-order chi connectivity index (χ0) is 21.9. The van der Waals surface area contributed by atoms with Crippen LogP contribution >= 0.6 is 0 Å². The van der Waals surface area contributed by atoms with Crippen LogP contribution in [0.15, 0.2) is 28.7 Å². The van der Waals surface area contributed by atoms with Crippen molar-refractivity contribution < 1.29 is 8.81 Å². The van der Waals surface area contributed by atoms with E-state index in [9.17, 15) is 0 Å². The molecule has 0 radical (unpaired) electrons. The number of rotatable bonds is 2. The van der Waals surface area contributed by atoms with E-state index in [1.54, 1.807) is 6.92 Å². The maximum absolute atomic E-state index is 15.2. The smallest absolute Gasteiger partial charge is 0.247 e. The van der Waals surface area contributed by atoms with Gasteiger partial charge in [0.25, 0.3) is 0 Å². The lowest BCUT2D eigenvalue weighted by Gasteiger charge is -2.40. The summed E-state index contributed by atoms with van der Waals surface area (Å²) in [6.45, 7) is 8.19. The van der Waals surface area contributed by atoms with Gasteiger partial charge in [0.05, 0.1) is 16.9 Å². The second-order valence-corrected chi connectivity index (χ2v) is 8.90. The van der Waals surface area contributed by atoms with Crippen molar-refractivity contribution in [2.24, 2.45) is 0 Å². The van der Waals surface area contributed by atoms with Gasteiger partial charge in [0.1, 0.15) is 11.3 Å². The summed E-state index contributed by atoms with van der Waals surface area (Å²) >= 11 is 0. The number of piperidine rings is 1. The first-order chi connectivity index (χ1) is 14.8. The average molecular weight is 420 g/mol. The van der Waals surface area contributed by atoms with Crippen molar-refractivity contribution >= 4 is 22.1 Å². The molecule has 0 amide bonds. The Kier molecular flexibility index (Phi) is 4.73. The highest BCUT2D eigenvalue weighted by molar-refractivity contribution is 5.85. The molecular weight excluding hydrogens is 393 g/mol. The Bertz CT molecular complexity index is 1290. The van der Waals surface area contributed by atoms with E-state index in [1.807, 2.05) is 25.1 Å². The fraction of sp³-hybridized carbons (Fsp3) is 0.417. The van der Waals surface area contributed by atoms with Gasteiger partial charge in [-0.1, -0.05) is 0 Å². The van der Waals surface area contributed by atoms with Gasteiger partial charge in [0.2, 0.25) is 5.71 Å². The summed E-state index contributed by atoms with van der Waals surface area (Å²) in [4.78, 5) is 11.3. The Hall–Kier alpha value is -2.93. The summed E-state index contributed by atoms with van der Waals surface area (Å²) in [5.41, 5.74) is 4.80. The summed E-state index contributed by atoms with van der Waals surface area (Å²) in [6.07, 6.45) is 2.00. The number of aryl methyl sites for hydroxylation is 2. The van der Waals surface area contributed by atoms with Crippen LogP contribution in [0.4, 0.5) is 4.39 Å². The summed E-state index contributed by atoms with van der Waals surface area (Å²) in [5.74, 6) is 0.535. The number of hydrogen-bond donors (Lipinski definition) is 0. The first kappa shape index (κ1) is 20.0. The second-order valence-electron chi connectivity index (χ2n) is 8.90. The third-order valence-electron chi connectivity index (χ3n) is 6.69. The number of halogens is 1. The Morgan fingerprint density at radius 2 is 1.74 bits per heavy atom. The van der Waals surface area contributed by atoms with Crippen molar-refractivity contribution in [2.45, 2.75) is 58.5 Å². The van der Waals surface area contributed by atoms with E-state index in [-0.39, 0.29) is 5.82 Å². The molecule has 1 saturated heterocycles. The third-order valence-corrected chi connectivity index (χ3v) is 6.69. The third kappa shape index (κ3) is 3.47. The normalized spacial score (nSPS) is 22.5. The average Bonchev–Trinajstić information content (AvgIpc) is 3.12. The monoisotopic (exact) mass is 419 g/mol. The lowest BCUT2D eigenvalue weighted by molar-refractivity contribution is 0.121. The van der Waals surface area contributed by atoms with E-state index in [0.717, 1.165) is 29.6 Å². The number of benzene rings is 1. The minimum absolute atomic E-state index is 0.290. The van der Waals surface area contributed by atoms with Crippen molar-refractivity contribution in [2.75, 3.05) is 7.05 Å². The molecule has 3 aromatic heterocycles. The molecule has 0 spiro atoms. The van der Waals surface area contributed by atoms with E-state index in [1.165, 1.54) is 6.07 Å². The number of fused-ring (bicyclic) bond motifs is 2. The predicted octanol–water partition coefficient (Wildman–Crippen LogP) is 5.18. The van der Waals surface area contributed by atoms with Crippen molar-refractivity contribution in [1.82, 2.24) is 25.1 Å². The van der Waals surface area contributed by atoms with E-state index >= 15 is 4.39 Å². The minimum atomic E-state index is -0.314. The molecule has 4 aromatic rings. The lowest BCUT2D eigenvalue weighted by atomic mass is 9.85. The molecule has 6 nitrogen and oxygen atoms in total. The van der Waals surface area contributed by atoms with Crippen LogP contribution in [0.2, 0.25) is 0 Å². The fourth-order valence-corrected chi connectivity index (χ4v) is 4.70. The van der Waals surface area contributed by atoms with Crippen LogP contribution in [-0.4, -0.2) is 44.2 Å². The van der Waals surface area contributed by atoms with Crippen LogP contribution in [0.5, 0.6) is 0 Å².